The molecule has 0 saturated heterocycles. The molecular formula is C15H15F2N3OS. The van der Waals surface area contributed by atoms with Crippen LogP contribution < -0.4 is 10.6 Å². The van der Waals surface area contributed by atoms with Gasteiger partial charge in [0.1, 0.15) is 11.6 Å². The molecule has 0 aliphatic heterocycles. The van der Waals surface area contributed by atoms with Crippen LogP contribution in [-0.2, 0) is 19.4 Å². The van der Waals surface area contributed by atoms with Crippen LogP contribution in [0.5, 0.6) is 0 Å². The van der Waals surface area contributed by atoms with E-state index in [1.165, 1.54) is 28.3 Å². The van der Waals surface area contributed by atoms with Crippen molar-refractivity contribution in [1.29, 1.82) is 0 Å². The van der Waals surface area contributed by atoms with Gasteiger partial charge in [-0.2, -0.15) is 0 Å². The monoisotopic (exact) mass is 323 g/mol. The van der Waals surface area contributed by atoms with Crippen molar-refractivity contribution in [2.75, 3.05) is 5.32 Å². The Balaban J connectivity index is 1.57. The normalized spacial score (nSPS) is 13.5. The van der Waals surface area contributed by atoms with Crippen molar-refractivity contribution in [2.24, 2.45) is 0 Å². The number of hydrogen-bond acceptors (Lipinski definition) is 3. The zero-order valence-corrected chi connectivity index (χ0v) is 12.6. The third kappa shape index (κ3) is 3.59. The molecule has 116 valence electrons. The zero-order chi connectivity index (χ0) is 15.5. The van der Waals surface area contributed by atoms with Crippen LogP contribution in [0.2, 0.25) is 0 Å². The Hall–Kier alpha value is -2.02. The van der Waals surface area contributed by atoms with Crippen LogP contribution in [0.3, 0.4) is 0 Å². The molecule has 2 aromatic rings. The Morgan fingerprint density at radius 1 is 1.18 bits per heavy atom. The van der Waals surface area contributed by atoms with Crippen molar-refractivity contribution in [3.05, 3.63) is 46.0 Å². The lowest BCUT2D eigenvalue weighted by Crippen LogP contribution is -2.28. The first-order valence-electron chi connectivity index (χ1n) is 7.08. The molecule has 0 radical (unpaired) electrons. The van der Waals surface area contributed by atoms with Crippen molar-refractivity contribution in [3.8, 4) is 0 Å². The lowest BCUT2D eigenvalue weighted by Gasteiger charge is -2.06. The highest BCUT2D eigenvalue weighted by Gasteiger charge is 2.16. The number of amides is 2. The van der Waals surface area contributed by atoms with Gasteiger partial charge in [-0.3, -0.25) is 5.32 Å². The Labute approximate surface area is 130 Å². The van der Waals surface area contributed by atoms with Crippen LogP contribution in [0.15, 0.2) is 18.2 Å². The summed E-state index contributed by atoms with van der Waals surface area (Å²) in [6.07, 6.45) is 4.26. The number of aryl methyl sites for hydroxylation is 2. The van der Waals surface area contributed by atoms with Crippen LogP contribution in [0.1, 0.15) is 29.0 Å². The second-order valence-corrected chi connectivity index (χ2v) is 6.26. The molecule has 3 rings (SSSR count). The molecule has 0 spiro atoms. The molecule has 0 saturated carbocycles. The topological polar surface area (TPSA) is 54.0 Å². The predicted octanol–water partition coefficient (Wildman–Crippen LogP) is 3.62. The molecule has 0 fully saturated rings. The Morgan fingerprint density at radius 3 is 2.64 bits per heavy atom. The standard InChI is InChI=1S/C15H15F2N3OS/c16-10-5-9(6-11(17)7-10)8-18-14(21)20-15-19-12-3-1-2-4-13(12)22-15/h5-7H,1-4,8H2,(H2,18,19,20,21). The van der Waals surface area contributed by atoms with E-state index >= 15 is 0 Å². The maximum absolute atomic E-state index is 13.1. The summed E-state index contributed by atoms with van der Waals surface area (Å²) in [5.41, 5.74) is 1.44. The predicted molar refractivity (Wildman–Crippen MR) is 81.0 cm³/mol. The molecule has 0 bridgehead atoms. The summed E-state index contributed by atoms with van der Waals surface area (Å²) in [5.74, 6) is -1.32. The summed E-state index contributed by atoms with van der Waals surface area (Å²) in [6.45, 7) is 0.0472. The van der Waals surface area contributed by atoms with Crippen molar-refractivity contribution in [1.82, 2.24) is 10.3 Å². The Kier molecular flexibility index (Phi) is 4.33. The van der Waals surface area contributed by atoms with Crippen molar-refractivity contribution < 1.29 is 13.6 Å². The maximum Gasteiger partial charge on any atom is 0.321 e. The molecule has 1 aliphatic rings. The maximum atomic E-state index is 13.1. The summed E-state index contributed by atoms with van der Waals surface area (Å²) in [6, 6.07) is 2.73. The van der Waals surface area contributed by atoms with E-state index < -0.39 is 17.7 Å². The van der Waals surface area contributed by atoms with E-state index in [2.05, 4.69) is 15.6 Å². The van der Waals surface area contributed by atoms with Gasteiger partial charge in [-0.25, -0.2) is 18.6 Å². The third-order valence-corrected chi connectivity index (χ3v) is 4.51. The number of anilines is 1. The molecule has 1 aromatic heterocycles. The Bertz CT molecular complexity index is 658. The molecule has 1 heterocycles. The zero-order valence-electron chi connectivity index (χ0n) is 11.8. The van der Waals surface area contributed by atoms with E-state index in [-0.39, 0.29) is 6.54 Å². The van der Waals surface area contributed by atoms with E-state index in [9.17, 15) is 13.6 Å². The lowest BCUT2D eigenvalue weighted by atomic mass is 10.0. The number of thiazole rings is 1. The number of nitrogens with zero attached hydrogens (tertiary/aromatic N) is 1. The number of nitrogens with one attached hydrogen (secondary N) is 2. The minimum atomic E-state index is -0.662. The van der Waals surface area contributed by atoms with Gasteiger partial charge >= 0.3 is 6.03 Å². The molecular weight excluding hydrogens is 308 g/mol. The molecule has 7 heteroatoms. The number of urea groups is 1. The van der Waals surface area contributed by atoms with Gasteiger partial charge in [0.25, 0.3) is 0 Å². The smallest absolute Gasteiger partial charge is 0.321 e. The van der Waals surface area contributed by atoms with Crippen LogP contribution in [0.25, 0.3) is 0 Å². The minimum Gasteiger partial charge on any atom is -0.334 e. The van der Waals surface area contributed by atoms with Gasteiger partial charge in [-0.15, -0.1) is 11.3 Å². The summed E-state index contributed by atoms with van der Waals surface area (Å²) >= 11 is 1.49. The van der Waals surface area contributed by atoms with Crippen LogP contribution in [0.4, 0.5) is 18.7 Å². The van der Waals surface area contributed by atoms with Crippen LogP contribution in [0, 0.1) is 11.6 Å². The summed E-state index contributed by atoms with van der Waals surface area (Å²) in [5, 5.41) is 5.80. The average molecular weight is 323 g/mol. The highest BCUT2D eigenvalue weighted by molar-refractivity contribution is 7.15. The second-order valence-electron chi connectivity index (χ2n) is 5.18. The van der Waals surface area contributed by atoms with E-state index in [0.29, 0.717) is 10.7 Å². The summed E-state index contributed by atoms with van der Waals surface area (Å²) in [4.78, 5) is 17.5. The van der Waals surface area contributed by atoms with Crippen LogP contribution in [-0.4, -0.2) is 11.0 Å². The van der Waals surface area contributed by atoms with E-state index in [0.717, 1.165) is 37.4 Å². The molecule has 2 amide bonds. The van der Waals surface area contributed by atoms with E-state index in [4.69, 9.17) is 0 Å². The quantitative estimate of drug-likeness (QED) is 0.906. The summed E-state index contributed by atoms with van der Waals surface area (Å²) in [7, 11) is 0. The Morgan fingerprint density at radius 2 is 1.91 bits per heavy atom. The molecule has 4 nitrogen and oxygen atoms in total. The van der Waals surface area contributed by atoms with Crippen LogP contribution >= 0.6 is 11.3 Å². The number of hydrogen-bond donors (Lipinski definition) is 2. The number of fused-ring (bicyclic) bond motifs is 1. The van der Waals surface area contributed by atoms with E-state index in [1.807, 2.05) is 0 Å². The minimum absolute atomic E-state index is 0.0472. The van der Waals surface area contributed by atoms with Gasteiger partial charge in [-0.1, -0.05) is 0 Å². The molecule has 1 aromatic carbocycles. The van der Waals surface area contributed by atoms with Gasteiger partial charge in [0.05, 0.1) is 5.69 Å². The SMILES string of the molecule is O=C(NCc1cc(F)cc(F)c1)Nc1nc2c(s1)CCCC2. The number of rotatable bonds is 3. The fraction of sp³-hybridized carbons (Fsp3) is 0.333. The fourth-order valence-electron chi connectivity index (χ4n) is 2.44. The highest BCUT2D eigenvalue weighted by Crippen LogP contribution is 2.29. The number of benzene rings is 1. The number of carbonyl (C=O) groups is 1. The van der Waals surface area contributed by atoms with Crippen molar-refractivity contribution >= 4 is 22.5 Å². The molecule has 1 aliphatic carbocycles. The van der Waals surface area contributed by atoms with Crippen molar-refractivity contribution in [2.45, 2.75) is 32.2 Å². The summed E-state index contributed by atoms with van der Waals surface area (Å²) < 4.78 is 26.1. The lowest BCUT2D eigenvalue weighted by molar-refractivity contribution is 0.251. The average Bonchev–Trinajstić information content (AvgIpc) is 2.86. The molecule has 22 heavy (non-hydrogen) atoms. The number of carbonyl (C=O) groups excluding carboxylic acids is 1. The first-order chi connectivity index (χ1) is 10.6. The van der Waals surface area contributed by atoms with E-state index in [1.54, 1.807) is 0 Å². The van der Waals surface area contributed by atoms with Gasteiger partial charge in [0.2, 0.25) is 0 Å². The van der Waals surface area contributed by atoms with Gasteiger partial charge in [0, 0.05) is 17.5 Å². The largest absolute Gasteiger partial charge is 0.334 e. The first kappa shape index (κ1) is 14.9. The fourth-order valence-corrected chi connectivity index (χ4v) is 3.49. The third-order valence-electron chi connectivity index (χ3n) is 3.44. The highest BCUT2D eigenvalue weighted by atomic mass is 32.1. The first-order valence-corrected chi connectivity index (χ1v) is 7.90. The number of aromatic nitrogens is 1. The second kappa shape index (κ2) is 6.39. The molecule has 0 atom stereocenters. The molecule has 2 N–H and O–H groups in total. The molecule has 0 unspecified atom stereocenters. The number of halogens is 2. The van der Waals surface area contributed by atoms with Gasteiger partial charge < -0.3 is 5.32 Å². The van der Waals surface area contributed by atoms with Crippen molar-refractivity contribution in [3.63, 3.8) is 0 Å². The van der Waals surface area contributed by atoms with Gasteiger partial charge in [0.15, 0.2) is 5.13 Å². The van der Waals surface area contributed by atoms with Gasteiger partial charge in [-0.05, 0) is 43.4 Å².